The summed E-state index contributed by atoms with van der Waals surface area (Å²) in [6, 6.07) is -7.93. The van der Waals surface area contributed by atoms with E-state index in [0.717, 1.165) is 0 Å². The predicted molar refractivity (Wildman–Crippen MR) is 123 cm³/mol. The highest BCUT2D eigenvalue weighted by Crippen LogP contribution is 2.72. The fourth-order valence-electron chi connectivity index (χ4n) is 3.87. The molecule has 0 aliphatic heterocycles. The van der Waals surface area contributed by atoms with E-state index in [1.165, 1.54) is 0 Å². The van der Waals surface area contributed by atoms with Gasteiger partial charge in [0.05, 0.1) is 0 Å². The fraction of sp³-hybridized carbons (Fsp3) is 1.00. The average Bonchev–Trinajstić information content (AvgIpc) is 3.04. The van der Waals surface area contributed by atoms with E-state index >= 15 is 0 Å². The van der Waals surface area contributed by atoms with E-state index in [-0.39, 0.29) is 0 Å². The van der Waals surface area contributed by atoms with E-state index in [0.29, 0.717) is 0 Å². The van der Waals surface area contributed by atoms with Crippen molar-refractivity contribution in [3.8, 4) is 0 Å². The minimum absolute atomic E-state index is 4.05. The van der Waals surface area contributed by atoms with Gasteiger partial charge in [-0.1, -0.05) is 0 Å². The van der Waals surface area contributed by atoms with Crippen molar-refractivity contribution in [3.05, 3.63) is 0 Å². The Morgan fingerprint density at radius 1 is 0.154 bits per heavy atom. The van der Waals surface area contributed by atoms with Crippen LogP contribution in [0.15, 0.2) is 0 Å². The van der Waals surface area contributed by atoms with Crippen molar-refractivity contribution in [1.82, 2.24) is 0 Å². The molecule has 0 aliphatic rings. The van der Waals surface area contributed by atoms with Crippen molar-refractivity contribution < 1.29 is 180 Å². The van der Waals surface area contributed by atoms with Crippen molar-refractivity contribution in [2.75, 3.05) is 0 Å². The van der Waals surface area contributed by atoms with Crippen molar-refractivity contribution >= 4 is 39.2 Å². The highest BCUT2D eigenvalue weighted by molar-refractivity contribution is 7.65. The summed E-state index contributed by atoms with van der Waals surface area (Å²) in [5, 5.41) is -8.19. The number of hydrogen-bond acceptors (Lipinski definition) is 0. The van der Waals surface area contributed by atoms with Gasteiger partial charge in [0.1, 0.15) is 0 Å². The van der Waals surface area contributed by atoms with Crippen LogP contribution in [0.2, 0.25) is 0 Å². The maximum Gasteiger partial charge on any atom is 0.460 e. The third-order valence-electron chi connectivity index (χ3n) is 7.88. The Bertz CT molecular complexity index is 1730. The van der Waals surface area contributed by atoms with Crippen LogP contribution in [0, 0.1) is 0 Å². The molecule has 392 valence electrons. The van der Waals surface area contributed by atoms with E-state index in [1.807, 2.05) is 0 Å². The summed E-state index contributed by atoms with van der Waals surface area (Å²) < 4.78 is 560. The zero-order chi connectivity index (χ0) is 54.5. The van der Waals surface area contributed by atoms with Crippen LogP contribution >= 0.6 is 33.2 Å². The van der Waals surface area contributed by atoms with Crippen LogP contribution < -0.4 is 0 Å². The van der Waals surface area contributed by atoms with Crippen LogP contribution in [0.4, 0.5) is 180 Å². The number of alkyl halides is 41. The fourth-order valence-corrected chi connectivity index (χ4v) is 6.74. The molecule has 0 fully saturated rings. The number of halogens is 44. The second-order valence-electron chi connectivity index (χ2n) is 11.9. The van der Waals surface area contributed by atoms with E-state index in [1.54, 1.807) is 0 Å². The molecule has 0 nitrogen and oxygen atoms in total. The predicted octanol–water partition coefficient (Wildman–Crippen LogP) is 14.8. The molecular weight excluding hydrogens is 1150 g/mol. The Balaban J connectivity index is 8.10. The molecule has 0 rings (SSSR count). The molecule has 0 N–H and O–H groups in total. The van der Waals surface area contributed by atoms with Crippen LogP contribution in [0.1, 0.15) is 0 Å². The molecule has 65 heavy (non-hydrogen) atoms. The van der Waals surface area contributed by atoms with Crippen molar-refractivity contribution in [3.63, 3.8) is 0 Å². The Morgan fingerprint density at radius 3 is 0.354 bits per heavy atom. The topological polar surface area (TPSA) is 0 Å². The standard InChI is InChI=1S/C20Cl3F41Si/c21-65(22,23)18(58,20(62,63)64)16(54,55)14(50,51)12(46,47)10(42,43)8(38,39)6(34,35)4(30,31)2(26,27)1(24,25)3(28,29)5(32,33)7(36,37)9(40,41)11(44,45)13(48,49)15(52,53)17(56,57)19(59,60)61. The Labute approximate surface area is 338 Å². The summed E-state index contributed by atoms with van der Waals surface area (Å²) in [5.74, 6) is -173. The Kier molecular flexibility index (Phi) is 14.7. The quantitative estimate of drug-likeness (QED) is 0.0729. The Morgan fingerprint density at radius 2 is 0.262 bits per heavy atom. The molecule has 1 atom stereocenters. The molecule has 0 aromatic carbocycles. The van der Waals surface area contributed by atoms with Crippen LogP contribution in [0.5, 0.6) is 0 Å². The first-order valence-electron chi connectivity index (χ1n) is 13.3. The molecule has 0 bridgehead atoms. The Hall–Kier alpha value is -1.78. The minimum atomic E-state index is -10.6. The normalized spacial score (nSPS) is 18.3. The second kappa shape index (κ2) is 15.1. The molecule has 0 aromatic rings. The summed E-state index contributed by atoms with van der Waals surface area (Å²) >= 11 is 12.1. The van der Waals surface area contributed by atoms with E-state index in [4.69, 9.17) is 0 Å². The highest BCUT2D eigenvalue weighted by atomic mass is 35.8. The van der Waals surface area contributed by atoms with Gasteiger partial charge in [0.2, 0.25) is 0 Å². The van der Waals surface area contributed by atoms with Crippen molar-refractivity contribution in [2.45, 2.75) is 118 Å². The van der Waals surface area contributed by atoms with Gasteiger partial charge in [-0.2, -0.15) is 176 Å². The van der Waals surface area contributed by atoms with E-state index in [2.05, 4.69) is 33.2 Å². The molecule has 0 heterocycles. The zero-order valence-electron chi connectivity index (χ0n) is 27.1. The summed E-state index contributed by atoms with van der Waals surface area (Å²) in [6.07, 6.45) is -16.8. The van der Waals surface area contributed by atoms with Gasteiger partial charge in [-0.3, -0.25) is 0 Å². The van der Waals surface area contributed by atoms with Gasteiger partial charge in [-0.25, -0.2) is 4.39 Å². The minimum Gasteiger partial charge on any atom is -0.226 e. The van der Waals surface area contributed by atoms with Crippen molar-refractivity contribution in [1.29, 1.82) is 0 Å². The van der Waals surface area contributed by atoms with Gasteiger partial charge in [0.15, 0.2) is 0 Å². The molecule has 0 saturated heterocycles. The molecule has 0 aliphatic carbocycles. The maximum absolute atomic E-state index is 14.3. The number of hydrogen-bond donors (Lipinski definition) is 0. The van der Waals surface area contributed by atoms with Gasteiger partial charge >= 0.3 is 124 Å². The van der Waals surface area contributed by atoms with Gasteiger partial charge in [0, 0.05) is 0 Å². The summed E-state index contributed by atoms with van der Waals surface area (Å²) in [6.45, 7) is 0. The first kappa shape index (κ1) is 63.2. The second-order valence-corrected chi connectivity index (χ2v) is 20.4. The largest absolute Gasteiger partial charge is 0.460 e. The van der Waals surface area contributed by atoms with Crippen LogP contribution in [0.3, 0.4) is 0 Å². The van der Waals surface area contributed by atoms with Crippen LogP contribution in [-0.4, -0.2) is 124 Å². The number of rotatable bonds is 18. The van der Waals surface area contributed by atoms with Crippen LogP contribution in [0.25, 0.3) is 0 Å². The summed E-state index contributed by atoms with van der Waals surface area (Å²) in [5.41, 5.74) is 0. The molecule has 45 heteroatoms. The molecule has 0 amide bonds. The lowest BCUT2D eigenvalue weighted by Crippen LogP contribution is -2.81. The third-order valence-corrected chi connectivity index (χ3v) is 11.6. The lowest BCUT2D eigenvalue weighted by molar-refractivity contribution is -0.494. The van der Waals surface area contributed by atoms with Crippen molar-refractivity contribution in [2.24, 2.45) is 0 Å². The highest BCUT2D eigenvalue weighted by Gasteiger charge is 3.04. The van der Waals surface area contributed by atoms with E-state index < -0.39 is 124 Å². The molecule has 0 aromatic heterocycles. The van der Waals surface area contributed by atoms with Gasteiger partial charge in [-0.15, -0.1) is 33.2 Å². The first-order valence-corrected chi connectivity index (χ1v) is 18.4. The maximum atomic E-state index is 14.3. The lowest BCUT2D eigenvalue weighted by atomic mass is 9.82. The monoisotopic (exact) mass is 1150 g/mol. The summed E-state index contributed by atoms with van der Waals surface area (Å²) in [7, 11) is 0. The zero-order valence-corrected chi connectivity index (χ0v) is 30.4. The van der Waals surface area contributed by atoms with Crippen LogP contribution in [-0.2, 0) is 0 Å². The molecule has 0 radical (unpaired) electrons. The van der Waals surface area contributed by atoms with Gasteiger partial charge in [-0.05, 0) is 0 Å². The molecule has 0 spiro atoms. The third kappa shape index (κ3) is 7.10. The van der Waals surface area contributed by atoms with Gasteiger partial charge in [0.25, 0.3) is 0 Å². The lowest BCUT2D eigenvalue weighted by Gasteiger charge is -2.48. The smallest absolute Gasteiger partial charge is 0.226 e. The molecular formula is C20Cl3F41Si. The van der Waals surface area contributed by atoms with E-state index in [9.17, 15) is 180 Å². The van der Waals surface area contributed by atoms with Gasteiger partial charge < -0.3 is 0 Å². The SMILES string of the molecule is FC(F)(F)C(F)(F)C(F)(F)C(F)(F)C(F)(F)C(F)(F)C(F)(F)C(F)(F)C(F)(F)C(F)(F)C(F)(F)C(F)(F)C(F)(F)C(F)(F)C(F)(F)C(F)(F)C(F)(F)C(F)(F)C(F)(C(F)(F)F)[Si](Cl)(Cl)Cl. The molecule has 0 saturated carbocycles. The average molecular weight is 1150 g/mol. The first-order chi connectivity index (χ1) is 27.0. The molecule has 1 unspecified atom stereocenters. The summed E-state index contributed by atoms with van der Waals surface area (Å²) in [4.78, 5) is 0.